The van der Waals surface area contributed by atoms with Crippen LogP contribution in [0.3, 0.4) is 0 Å². The molecule has 42 heavy (non-hydrogen) atoms. The van der Waals surface area contributed by atoms with Gasteiger partial charge in [-0.15, -0.1) is 0 Å². The number of nitrogens with one attached hydrogen (secondary N) is 1. The van der Waals surface area contributed by atoms with Crippen molar-refractivity contribution in [2.45, 2.75) is 26.8 Å². The van der Waals surface area contributed by atoms with Gasteiger partial charge >= 0.3 is 5.97 Å². The van der Waals surface area contributed by atoms with Crippen LogP contribution in [-0.4, -0.2) is 36.8 Å². The van der Waals surface area contributed by atoms with Gasteiger partial charge in [-0.3, -0.25) is 18.3 Å². The molecule has 2 aromatic heterocycles. The van der Waals surface area contributed by atoms with E-state index in [1.807, 2.05) is 49.4 Å². The highest BCUT2D eigenvalue weighted by atomic mass is 32.2. The number of hydrogen-bond acceptors (Lipinski definition) is 6. The van der Waals surface area contributed by atoms with Gasteiger partial charge in [-0.1, -0.05) is 50.2 Å². The van der Waals surface area contributed by atoms with Gasteiger partial charge in [-0.2, -0.15) is 0 Å². The van der Waals surface area contributed by atoms with Crippen LogP contribution < -0.4 is 9.62 Å². The number of hydrogen-bond donors (Lipinski definition) is 2. The van der Waals surface area contributed by atoms with Crippen molar-refractivity contribution in [2.75, 3.05) is 9.62 Å². The van der Waals surface area contributed by atoms with Gasteiger partial charge in [0.1, 0.15) is 11.6 Å². The number of benzene rings is 3. The van der Waals surface area contributed by atoms with Crippen LogP contribution in [0.25, 0.3) is 33.2 Å². The molecule has 2 heterocycles. The van der Waals surface area contributed by atoms with Gasteiger partial charge < -0.3 is 19.4 Å². The normalized spacial score (nSPS) is 12.7. The zero-order valence-electron chi connectivity index (χ0n) is 23.1. The summed E-state index contributed by atoms with van der Waals surface area (Å²) in [6.45, 7) is 5.17. The van der Waals surface area contributed by atoms with Crippen LogP contribution in [0.2, 0.25) is 0 Å². The predicted molar refractivity (Wildman–Crippen MR) is 162 cm³/mol. The van der Waals surface area contributed by atoms with Crippen molar-refractivity contribution in [3.05, 3.63) is 103 Å². The van der Waals surface area contributed by atoms with E-state index in [1.165, 1.54) is 0 Å². The Morgan fingerprint density at radius 2 is 1.55 bits per heavy atom. The average Bonchev–Trinajstić information content (AvgIpc) is 3.33. The van der Waals surface area contributed by atoms with Crippen molar-refractivity contribution in [1.82, 2.24) is 4.98 Å². The summed E-state index contributed by atoms with van der Waals surface area (Å²) in [5, 5.41) is 13.3. The molecule has 10 heteroatoms. The largest absolute Gasteiger partial charge is 0.755 e. The molecule has 9 nitrogen and oxygen atoms in total. The number of carboxylic acids is 1. The van der Waals surface area contributed by atoms with E-state index in [0.29, 0.717) is 11.3 Å². The SMILES string of the molecule is Cc1c(C(=O)Nc2ccc(-c3ccc(N(C(C(=O)O)C(C)C)S(=O)[O-])cc3)cc2)oc2cccc(-c3ccncc3)c12. The molecule has 2 unspecified atom stereocenters. The van der Waals surface area contributed by atoms with E-state index in [-0.39, 0.29) is 17.4 Å². The van der Waals surface area contributed by atoms with Gasteiger partial charge in [0.25, 0.3) is 5.91 Å². The van der Waals surface area contributed by atoms with E-state index < -0.39 is 29.2 Å². The Kier molecular flexibility index (Phi) is 8.19. The third-order valence-electron chi connectivity index (χ3n) is 7.05. The Bertz CT molecular complexity index is 1770. The van der Waals surface area contributed by atoms with Gasteiger partial charge in [0.15, 0.2) is 5.76 Å². The molecular weight excluding hydrogens is 554 g/mol. The molecule has 0 spiro atoms. The molecule has 0 saturated carbocycles. The van der Waals surface area contributed by atoms with Crippen molar-refractivity contribution in [3.63, 3.8) is 0 Å². The maximum absolute atomic E-state index is 13.2. The monoisotopic (exact) mass is 582 g/mol. The number of nitrogens with zero attached hydrogens (tertiary/aromatic N) is 2. The van der Waals surface area contributed by atoms with Crippen molar-refractivity contribution in [2.24, 2.45) is 5.92 Å². The highest BCUT2D eigenvalue weighted by Crippen LogP contribution is 2.35. The fraction of sp³-hybridized carbons (Fsp3) is 0.156. The highest BCUT2D eigenvalue weighted by molar-refractivity contribution is 7.80. The molecule has 0 radical (unpaired) electrons. The summed E-state index contributed by atoms with van der Waals surface area (Å²) >= 11 is -2.77. The Morgan fingerprint density at radius 1 is 0.929 bits per heavy atom. The molecule has 2 N–H and O–H groups in total. The number of furan rings is 1. The molecule has 1 amide bonds. The highest BCUT2D eigenvalue weighted by Gasteiger charge is 2.30. The summed E-state index contributed by atoms with van der Waals surface area (Å²) in [7, 11) is 0. The lowest BCUT2D eigenvalue weighted by Crippen LogP contribution is -2.45. The zero-order chi connectivity index (χ0) is 30.0. The Morgan fingerprint density at radius 3 is 2.12 bits per heavy atom. The first-order chi connectivity index (χ1) is 20.2. The maximum atomic E-state index is 13.2. The second kappa shape index (κ2) is 12.0. The number of amides is 1. The minimum atomic E-state index is -2.77. The van der Waals surface area contributed by atoms with Crippen molar-refractivity contribution < 1.29 is 27.9 Å². The molecule has 0 fully saturated rings. The number of fused-ring (bicyclic) bond motifs is 1. The summed E-state index contributed by atoms with van der Waals surface area (Å²) in [5.41, 5.74) is 5.74. The van der Waals surface area contributed by atoms with E-state index in [4.69, 9.17) is 4.42 Å². The number of carboxylic acid groups (broad SMARTS) is 1. The van der Waals surface area contributed by atoms with E-state index >= 15 is 0 Å². The van der Waals surface area contributed by atoms with Gasteiger partial charge in [0.05, 0.1) is 0 Å². The van der Waals surface area contributed by atoms with Crippen molar-refractivity contribution in [3.8, 4) is 22.3 Å². The lowest BCUT2D eigenvalue weighted by molar-refractivity contribution is -0.139. The number of carbonyl (C=O) groups is 2. The van der Waals surface area contributed by atoms with Crippen LogP contribution in [-0.2, 0) is 16.1 Å². The number of pyridine rings is 1. The first kappa shape index (κ1) is 28.7. The first-order valence-corrected chi connectivity index (χ1v) is 14.2. The third kappa shape index (κ3) is 5.67. The number of aliphatic carboxylic acids is 1. The summed E-state index contributed by atoms with van der Waals surface area (Å²) < 4.78 is 30.7. The third-order valence-corrected chi connectivity index (χ3v) is 7.81. The second-order valence-electron chi connectivity index (χ2n) is 10.1. The Hall–Kier alpha value is -4.80. The van der Waals surface area contributed by atoms with Crippen molar-refractivity contribution in [1.29, 1.82) is 0 Å². The smallest absolute Gasteiger partial charge is 0.327 e. The number of aromatic nitrogens is 1. The number of rotatable bonds is 9. The lowest BCUT2D eigenvalue weighted by Gasteiger charge is -2.34. The average molecular weight is 583 g/mol. The van der Waals surface area contributed by atoms with Crippen LogP contribution in [0.4, 0.5) is 11.4 Å². The maximum Gasteiger partial charge on any atom is 0.327 e. The van der Waals surface area contributed by atoms with Crippen LogP contribution >= 0.6 is 0 Å². The minimum absolute atomic E-state index is 0.229. The molecule has 5 aromatic rings. The topological polar surface area (TPSA) is 136 Å². The summed E-state index contributed by atoms with van der Waals surface area (Å²) in [6, 6.07) is 22.1. The standard InChI is InChI=1S/C32H29N3O6S/c1-19(2)29(32(37)38)35(42(39)40)25-13-9-22(10-14-25)21-7-11-24(12-8-21)34-31(36)30-20(3)28-26(5-4-6-27(28)41-30)23-15-17-33-18-16-23/h4-19,29H,1-3H3,(H,34,36)(H,37,38)(H,39,40)/p-1. The number of carbonyl (C=O) groups excluding carboxylic acids is 1. The van der Waals surface area contributed by atoms with Crippen LogP contribution in [0.5, 0.6) is 0 Å². The molecule has 0 aliphatic rings. The summed E-state index contributed by atoms with van der Waals surface area (Å²) in [6.07, 6.45) is 3.44. The minimum Gasteiger partial charge on any atom is -0.755 e. The Labute approximate surface area is 245 Å². The molecule has 2 atom stereocenters. The van der Waals surface area contributed by atoms with Crippen LogP contribution in [0.15, 0.2) is 95.7 Å². The molecule has 3 aromatic carbocycles. The summed E-state index contributed by atoms with van der Waals surface area (Å²) in [4.78, 5) is 29.0. The second-order valence-corrected chi connectivity index (χ2v) is 10.9. The van der Waals surface area contributed by atoms with Crippen LogP contribution in [0.1, 0.15) is 30.0 Å². The van der Waals surface area contributed by atoms with Gasteiger partial charge in [0.2, 0.25) is 0 Å². The fourth-order valence-electron chi connectivity index (χ4n) is 5.02. The Balaban J connectivity index is 1.34. The molecule has 0 aliphatic heterocycles. The molecule has 0 aliphatic carbocycles. The quantitative estimate of drug-likeness (QED) is 0.191. The van der Waals surface area contributed by atoms with E-state index in [2.05, 4.69) is 10.3 Å². The number of aryl methyl sites for hydroxylation is 1. The molecule has 5 rings (SSSR count). The molecule has 0 saturated heterocycles. The molecular formula is C32H28N3O6S-. The first-order valence-electron chi connectivity index (χ1n) is 13.2. The fourth-order valence-corrected chi connectivity index (χ4v) is 5.83. The van der Waals surface area contributed by atoms with E-state index in [0.717, 1.165) is 37.5 Å². The zero-order valence-corrected chi connectivity index (χ0v) is 23.9. The van der Waals surface area contributed by atoms with Gasteiger partial charge in [-0.05, 0) is 77.6 Å². The van der Waals surface area contributed by atoms with Gasteiger partial charge in [-0.25, -0.2) is 4.79 Å². The lowest BCUT2D eigenvalue weighted by atomic mass is 10.00. The molecule has 214 valence electrons. The predicted octanol–water partition coefficient (Wildman–Crippen LogP) is 6.43. The van der Waals surface area contributed by atoms with E-state index in [9.17, 15) is 23.5 Å². The van der Waals surface area contributed by atoms with Gasteiger partial charge in [0, 0.05) is 46.0 Å². The summed E-state index contributed by atoms with van der Waals surface area (Å²) in [5.74, 6) is -1.80. The molecule has 0 bridgehead atoms. The van der Waals surface area contributed by atoms with Crippen LogP contribution in [0, 0.1) is 12.8 Å². The van der Waals surface area contributed by atoms with Crippen molar-refractivity contribution >= 4 is 45.5 Å². The number of anilines is 2. The van der Waals surface area contributed by atoms with E-state index in [1.54, 1.807) is 62.6 Å².